The second-order valence-corrected chi connectivity index (χ2v) is 14.5. The van der Waals surface area contributed by atoms with Gasteiger partial charge in [-0.15, -0.1) is 0 Å². The minimum absolute atomic E-state index is 0.836. The number of benzene rings is 9. The Morgan fingerprint density at radius 1 is 0.281 bits per heavy atom. The van der Waals surface area contributed by atoms with Gasteiger partial charge in [-0.1, -0.05) is 164 Å². The van der Waals surface area contributed by atoms with Crippen molar-refractivity contribution in [2.75, 3.05) is 4.90 Å². The molecule has 0 saturated carbocycles. The van der Waals surface area contributed by atoms with E-state index in [0.717, 1.165) is 88.8 Å². The van der Waals surface area contributed by atoms with Crippen LogP contribution in [-0.2, 0) is 0 Å². The van der Waals surface area contributed by atoms with Gasteiger partial charge in [-0.3, -0.25) is 0 Å². The second-order valence-electron chi connectivity index (χ2n) is 14.5. The standard InChI is InChI=1S/C54H35NO2/c1-3-15-36(16-4-1)39-33-40(45-23-13-24-48-46-21-9-11-27-51(46)56-53(45)48)35-42(34-39)55(50-26-14-25-49-47-22-10-12-28-52(47)57-54(49)50)41-31-29-38(30-32-41)44-20-8-7-19-43(44)37-17-5-2-6-18-37/h1-35H. The Hall–Kier alpha value is -7.62. The zero-order valence-corrected chi connectivity index (χ0v) is 31.0. The molecule has 2 heterocycles. The van der Waals surface area contributed by atoms with Crippen LogP contribution in [0.4, 0.5) is 17.1 Å². The molecule has 11 rings (SSSR count). The van der Waals surface area contributed by atoms with Crippen LogP contribution >= 0.6 is 0 Å². The third-order valence-corrected chi connectivity index (χ3v) is 11.1. The Bertz CT molecular complexity index is 3230. The number of hydrogen-bond acceptors (Lipinski definition) is 3. The van der Waals surface area contributed by atoms with Gasteiger partial charge in [0.1, 0.15) is 16.7 Å². The molecule has 57 heavy (non-hydrogen) atoms. The summed E-state index contributed by atoms with van der Waals surface area (Å²) in [5.74, 6) is 0. The highest BCUT2D eigenvalue weighted by atomic mass is 16.3. The first-order valence-electron chi connectivity index (χ1n) is 19.3. The lowest BCUT2D eigenvalue weighted by Crippen LogP contribution is -2.10. The van der Waals surface area contributed by atoms with Crippen LogP contribution in [0.5, 0.6) is 0 Å². The minimum Gasteiger partial charge on any atom is -0.455 e. The van der Waals surface area contributed by atoms with Crippen LogP contribution in [-0.4, -0.2) is 0 Å². The summed E-state index contributed by atoms with van der Waals surface area (Å²) in [6, 6.07) is 75.1. The number of furan rings is 2. The topological polar surface area (TPSA) is 29.5 Å². The van der Waals surface area contributed by atoms with E-state index in [2.05, 4.69) is 193 Å². The summed E-state index contributed by atoms with van der Waals surface area (Å²) in [6.45, 7) is 0. The van der Waals surface area contributed by atoms with E-state index in [4.69, 9.17) is 8.83 Å². The SMILES string of the molecule is c1ccc(-c2cc(-c3cccc4c3oc3ccccc34)cc(N(c3ccc(-c4ccccc4-c4ccccc4)cc3)c3cccc4c3oc3ccccc34)c2)cc1. The Labute approximate surface area is 330 Å². The first kappa shape index (κ1) is 32.8. The van der Waals surface area contributed by atoms with Gasteiger partial charge in [0.2, 0.25) is 0 Å². The largest absolute Gasteiger partial charge is 0.455 e. The third-order valence-electron chi connectivity index (χ3n) is 11.1. The van der Waals surface area contributed by atoms with Crippen LogP contribution in [0.1, 0.15) is 0 Å². The molecule has 11 aromatic rings. The van der Waals surface area contributed by atoms with Crippen molar-refractivity contribution in [3.8, 4) is 44.5 Å². The summed E-state index contributed by atoms with van der Waals surface area (Å²) < 4.78 is 13.3. The summed E-state index contributed by atoms with van der Waals surface area (Å²) >= 11 is 0. The highest BCUT2D eigenvalue weighted by Gasteiger charge is 2.22. The molecule has 3 heteroatoms. The first-order valence-corrected chi connectivity index (χ1v) is 19.3. The van der Waals surface area contributed by atoms with Crippen molar-refractivity contribution in [3.05, 3.63) is 212 Å². The summed E-state index contributed by atoms with van der Waals surface area (Å²) in [4.78, 5) is 2.34. The number of hydrogen-bond donors (Lipinski definition) is 0. The molecule has 0 spiro atoms. The molecule has 0 amide bonds. The van der Waals surface area contributed by atoms with Gasteiger partial charge in [0.25, 0.3) is 0 Å². The van der Waals surface area contributed by atoms with E-state index < -0.39 is 0 Å². The average Bonchev–Trinajstić information content (AvgIpc) is 3.87. The molecule has 0 aliphatic heterocycles. The third kappa shape index (κ3) is 5.68. The minimum atomic E-state index is 0.836. The molecular weight excluding hydrogens is 695 g/mol. The van der Waals surface area contributed by atoms with Crippen LogP contribution in [0.3, 0.4) is 0 Å². The van der Waals surface area contributed by atoms with E-state index in [1.54, 1.807) is 0 Å². The number of rotatable bonds is 7. The van der Waals surface area contributed by atoms with Crippen LogP contribution < -0.4 is 4.90 Å². The normalized spacial score (nSPS) is 11.5. The van der Waals surface area contributed by atoms with Gasteiger partial charge >= 0.3 is 0 Å². The number of para-hydroxylation sites is 4. The van der Waals surface area contributed by atoms with Gasteiger partial charge in [-0.2, -0.15) is 0 Å². The van der Waals surface area contributed by atoms with Gasteiger partial charge in [0, 0.05) is 38.5 Å². The monoisotopic (exact) mass is 729 g/mol. The van der Waals surface area contributed by atoms with E-state index in [0.29, 0.717) is 0 Å². The van der Waals surface area contributed by atoms with Gasteiger partial charge in [-0.25, -0.2) is 0 Å². The fourth-order valence-corrected chi connectivity index (χ4v) is 8.40. The lowest BCUT2D eigenvalue weighted by atomic mass is 9.94. The fraction of sp³-hybridized carbons (Fsp3) is 0. The Morgan fingerprint density at radius 2 is 0.772 bits per heavy atom. The molecule has 268 valence electrons. The van der Waals surface area contributed by atoms with Crippen LogP contribution in [0, 0.1) is 0 Å². The van der Waals surface area contributed by atoms with Crippen LogP contribution in [0.15, 0.2) is 221 Å². The van der Waals surface area contributed by atoms with Crippen molar-refractivity contribution in [2.24, 2.45) is 0 Å². The molecule has 0 fully saturated rings. The molecule has 3 nitrogen and oxygen atoms in total. The molecular formula is C54H35NO2. The Kier molecular flexibility index (Phi) is 7.82. The maximum Gasteiger partial charge on any atom is 0.159 e. The summed E-state index contributed by atoms with van der Waals surface area (Å²) in [5, 5.41) is 4.39. The van der Waals surface area contributed by atoms with Gasteiger partial charge in [0.15, 0.2) is 5.58 Å². The van der Waals surface area contributed by atoms with Crippen molar-refractivity contribution in [1.29, 1.82) is 0 Å². The van der Waals surface area contributed by atoms with Crippen molar-refractivity contribution >= 4 is 60.9 Å². The predicted octanol–water partition coefficient (Wildman–Crippen LogP) is 15.6. The quantitative estimate of drug-likeness (QED) is 0.164. The molecule has 0 unspecified atom stereocenters. The number of nitrogens with zero attached hydrogens (tertiary/aromatic N) is 1. The van der Waals surface area contributed by atoms with Crippen LogP contribution in [0.2, 0.25) is 0 Å². The molecule has 0 radical (unpaired) electrons. The van der Waals surface area contributed by atoms with Crippen LogP contribution in [0.25, 0.3) is 88.4 Å². The average molecular weight is 730 g/mol. The summed E-state index contributed by atoms with van der Waals surface area (Å²) in [6.07, 6.45) is 0. The zero-order chi connectivity index (χ0) is 37.7. The van der Waals surface area contributed by atoms with E-state index >= 15 is 0 Å². The molecule has 0 bridgehead atoms. The second kappa shape index (κ2) is 13.6. The zero-order valence-electron chi connectivity index (χ0n) is 31.0. The van der Waals surface area contributed by atoms with Crippen molar-refractivity contribution in [2.45, 2.75) is 0 Å². The van der Waals surface area contributed by atoms with Crippen molar-refractivity contribution in [3.63, 3.8) is 0 Å². The highest BCUT2D eigenvalue weighted by Crippen LogP contribution is 2.46. The van der Waals surface area contributed by atoms with Crippen molar-refractivity contribution in [1.82, 2.24) is 0 Å². The molecule has 0 atom stereocenters. The van der Waals surface area contributed by atoms with Gasteiger partial charge < -0.3 is 13.7 Å². The van der Waals surface area contributed by atoms with E-state index in [9.17, 15) is 0 Å². The highest BCUT2D eigenvalue weighted by molar-refractivity contribution is 6.12. The maximum atomic E-state index is 6.73. The van der Waals surface area contributed by atoms with E-state index in [1.807, 2.05) is 24.3 Å². The Morgan fingerprint density at radius 3 is 1.46 bits per heavy atom. The lowest BCUT2D eigenvalue weighted by Gasteiger charge is -2.27. The smallest absolute Gasteiger partial charge is 0.159 e. The van der Waals surface area contributed by atoms with Gasteiger partial charge in [-0.05, 0) is 87.5 Å². The molecule has 2 aromatic heterocycles. The molecule has 0 saturated heterocycles. The van der Waals surface area contributed by atoms with Gasteiger partial charge in [0.05, 0.1) is 5.69 Å². The molecule has 9 aromatic carbocycles. The van der Waals surface area contributed by atoms with Crippen molar-refractivity contribution < 1.29 is 8.83 Å². The first-order chi connectivity index (χ1) is 28.3. The summed E-state index contributed by atoms with van der Waals surface area (Å²) in [7, 11) is 0. The summed E-state index contributed by atoms with van der Waals surface area (Å²) in [5.41, 5.74) is 15.5. The fourth-order valence-electron chi connectivity index (χ4n) is 8.40. The molecule has 0 aliphatic rings. The maximum absolute atomic E-state index is 6.73. The molecule has 0 N–H and O–H groups in total. The number of fused-ring (bicyclic) bond motifs is 6. The lowest BCUT2D eigenvalue weighted by molar-refractivity contribution is 0.669. The number of anilines is 3. The van der Waals surface area contributed by atoms with E-state index in [-0.39, 0.29) is 0 Å². The predicted molar refractivity (Wildman–Crippen MR) is 237 cm³/mol. The van der Waals surface area contributed by atoms with E-state index in [1.165, 1.54) is 16.7 Å². The molecule has 0 aliphatic carbocycles. The Balaban J connectivity index is 1.15.